The van der Waals surface area contributed by atoms with Crippen molar-refractivity contribution in [1.82, 2.24) is 9.88 Å². The number of rotatable bonds is 5. The number of amides is 1. The molecular weight excluding hydrogens is 364 g/mol. The Kier molecular flexibility index (Phi) is 5.05. The van der Waals surface area contributed by atoms with E-state index in [1.165, 1.54) is 27.9 Å². The minimum Gasteiger partial charge on any atom is -0.347 e. The van der Waals surface area contributed by atoms with E-state index in [-0.39, 0.29) is 5.91 Å². The molecule has 0 unspecified atom stereocenters. The lowest BCUT2D eigenvalue weighted by atomic mass is 10.1. The second-order valence-corrected chi connectivity index (χ2v) is 8.31. The maximum absolute atomic E-state index is 12.6. The zero-order valence-electron chi connectivity index (χ0n) is 16.5. The highest BCUT2D eigenvalue weighted by atomic mass is 32.1. The fourth-order valence-electron chi connectivity index (χ4n) is 3.67. The monoisotopic (exact) mass is 388 g/mol. The maximum atomic E-state index is 12.6. The van der Waals surface area contributed by atoms with Gasteiger partial charge in [0.25, 0.3) is 5.91 Å². The number of carbonyl (C=O) groups is 1. The molecule has 2 aromatic carbocycles. The van der Waals surface area contributed by atoms with Crippen LogP contribution < -0.4 is 5.32 Å². The molecule has 2 heterocycles. The topological polar surface area (TPSA) is 34.0 Å². The van der Waals surface area contributed by atoms with E-state index in [0.29, 0.717) is 12.1 Å². The molecule has 0 aliphatic carbocycles. The van der Waals surface area contributed by atoms with E-state index in [0.717, 1.165) is 16.8 Å². The Morgan fingerprint density at radius 1 is 1.04 bits per heavy atom. The first kappa shape index (κ1) is 18.5. The lowest BCUT2D eigenvalue weighted by molar-refractivity contribution is 0.0951. The summed E-state index contributed by atoms with van der Waals surface area (Å²) < 4.78 is 2.34. The van der Waals surface area contributed by atoms with Crippen molar-refractivity contribution < 1.29 is 4.79 Å². The summed E-state index contributed by atoms with van der Waals surface area (Å²) in [6, 6.07) is 18.7. The minimum absolute atomic E-state index is 0.0289. The standard InChI is InChI=1S/C24H24N2OS/c1-16-6-4-7-19(12-16)15-26-18(3)17(2)22-13-20(9-10-23(22)26)24(27)25-14-21-8-5-11-28-21/h4-13H,14-15H2,1-3H3,(H,25,27). The molecule has 0 aliphatic rings. The molecule has 4 rings (SSSR count). The molecule has 2 aromatic heterocycles. The number of nitrogens with one attached hydrogen (secondary N) is 1. The molecular formula is C24H24N2OS. The number of fused-ring (bicyclic) bond motifs is 1. The molecule has 3 nitrogen and oxygen atoms in total. The van der Waals surface area contributed by atoms with Gasteiger partial charge in [-0.15, -0.1) is 11.3 Å². The summed E-state index contributed by atoms with van der Waals surface area (Å²) in [5.41, 5.74) is 6.92. The molecule has 1 amide bonds. The van der Waals surface area contributed by atoms with Crippen LogP contribution in [0.3, 0.4) is 0 Å². The molecule has 4 aromatic rings. The molecule has 0 bridgehead atoms. The zero-order chi connectivity index (χ0) is 19.7. The predicted molar refractivity (Wildman–Crippen MR) is 117 cm³/mol. The van der Waals surface area contributed by atoms with Gasteiger partial charge in [0, 0.05) is 33.6 Å². The Labute approximate surface area is 169 Å². The molecule has 0 saturated heterocycles. The van der Waals surface area contributed by atoms with Gasteiger partial charge in [0.05, 0.1) is 6.54 Å². The molecule has 0 radical (unpaired) electrons. The fraction of sp³-hybridized carbons (Fsp3) is 0.208. The minimum atomic E-state index is -0.0289. The van der Waals surface area contributed by atoms with Gasteiger partial charge in [0.15, 0.2) is 0 Å². The van der Waals surface area contributed by atoms with Crippen LogP contribution in [0.5, 0.6) is 0 Å². The van der Waals surface area contributed by atoms with Crippen molar-refractivity contribution in [2.45, 2.75) is 33.9 Å². The largest absolute Gasteiger partial charge is 0.347 e. The maximum Gasteiger partial charge on any atom is 0.251 e. The van der Waals surface area contributed by atoms with E-state index in [1.807, 2.05) is 29.6 Å². The molecule has 4 heteroatoms. The number of nitrogens with zero attached hydrogens (tertiary/aromatic N) is 1. The van der Waals surface area contributed by atoms with Crippen LogP contribution in [0.25, 0.3) is 10.9 Å². The van der Waals surface area contributed by atoms with Crippen LogP contribution in [-0.2, 0) is 13.1 Å². The second kappa shape index (κ2) is 7.64. The van der Waals surface area contributed by atoms with Gasteiger partial charge < -0.3 is 9.88 Å². The summed E-state index contributed by atoms with van der Waals surface area (Å²) in [6.45, 7) is 7.82. The first-order valence-electron chi connectivity index (χ1n) is 9.48. The zero-order valence-corrected chi connectivity index (χ0v) is 17.3. The number of benzene rings is 2. The Bertz CT molecular complexity index is 1140. The van der Waals surface area contributed by atoms with E-state index >= 15 is 0 Å². The fourth-order valence-corrected chi connectivity index (χ4v) is 4.32. The summed E-state index contributed by atoms with van der Waals surface area (Å²) in [7, 11) is 0. The number of carbonyl (C=O) groups excluding carboxylic acids is 1. The first-order chi connectivity index (χ1) is 13.5. The van der Waals surface area contributed by atoms with Crippen LogP contribution >= 0.6 is 11.3 Å². The summed E-state index contributed by atoms with van der Waals surface area (Å²) in [6.07, 6.45) is 0. The Morgan fingerprint density at radius 3 is 2.64 bits per heavy atom. The van der Waals surface area contributed by atoms with Crippen molar-refractivity contribution >= 4 is 28.1 Å². The van der Waals surface area contributed by atoms with E-state index in [2.05, 4.69) is 61.0 Å². The number of aryl methyl sites for hydroxylation is 2. The van der Waals surface area contributed by atoms with Crippen molar-refractivity contribution in [3.63, 3.8) is 0 Å². The van der Waals surface area contributed by atoms with E-state index in [1.54, 1.807) is 11.3 Å². The van der Waals surface area contributed by atoms with Gasteiger partial charge in [-0.1, -0.05) is 35.9 Å². The van der Waals surface area contributed by atoms with Crippen LogP contribution in [0.4, 0.5) is 0 Å². The van der Waals surface area contributed by atoms with Gasteiger partial charge in [-0.25, -0.2) is 0 Å². The van der Waals surface area contributed by atoms with Crippen LogP contribution in [0.15, 0.2) is 60.0 Å². The Hall–Kier alpha value is -2.85. The van der Waals surface area contributed by atoms with Crippen molar-refractivity contribution in [2.75, 3.05) is 0 Å². The lowest BCUT2D eigenvalue weighted by Gasteiger charge is -2.10. The first-order valence-corrected chi connectivity index (χ1v) is 10.4. The van der Waals surface area contributed by atoms with Gasteiger partial charge in [-0.2, -0.15) is 0 Å². The number of hydrogen-bond acceptors (Lipinski definition) is 2. The van der Waals surface area contributed by atoms with Crippen LogP contribution in [0, 0.1) is 20.8 Å². The summed E-state index contributed by atoms with van der Waals surface area (Å²) in [5.74, 6) is -0.0289. The molecule has 0 fully saturated rings. The smallest absolute Gasteiger partial charge is 0.251 e. The van der Waals surface area contributed by atoms with Gasteiger partial charge in [-0.05, 0) is 61.5 Å². The second-order valence-electron chi connectivity index (χ2n) is 7.28. The molecule has 0 aliphatic heterocycles. The van der Waals surface area contributed by atoms with Crippen LogP contribution in [0.2, 0.25) is 0 Å². The molecule has 142 valence electrons. The average molecular weight is 389 g/mol. The summed E-state index contributed by atoms with van der Waals surface area (Å²) in [4.78, 5) is 13.8. The van der Waals surface area contributed by atoms with E-state index in [9.17, 15) is 4.79 Å². The van der Waals surface area contributed by atoms with Crippen molar-refractivity contribution in [3.8, 4) is 0 Å². The normalized spacial score (nSPS) is 11.1. The van der Waals surface area contributed by atoms with Gasteiger partial charge in [0.2, 0.25) is 0 Å². The molecule has 0 atom stereocenters. The summed E-state index contributed by atoms with van der Waals surface area (Å²) in [5, 5.41) is 6.19. The SMILES string of the molecule is Cc1cccc(Cn2c(C)c(C)c3cc(C(=O)NCc4cccs4)ccc32)c1. The third kappa shape index (κ3) is 3.60. The number of hydrogen-bond donors (Lipinski definition) is 1. The number of aromatic nitrogens is 1. The van der Waals surface area contributed by atoms with Crippen molar-refractivity contribution in [2.24, 2.45) is 0 Å². The van der Waals surface area contributed by atoms with Crippen LogP contribution in [0.1, 0.15) is 37.6 Å². The predicted octanol–water partition coefficient (Wildman–Crippen LogP) is 5.61. The molecule has 1 N–H and O–H groups in total. The number of thiophene rings is 1. The summed E-state index contributed by atoms with van der Waals surface area (Å²) >= 11 is 1.65. The quantitative estimate of drug-likeness (QED) is 0.474. The third-order valence-electron chi connectivity index (χ3n) is 5.33. The highest BCUT2D eigenvalue weighted by Gasteiger charge is 2.14. The van der Waals surface area contributed by atoms with E-state index < -0.39 is 0 Å². The van der Waals surface area contributed by atoms with Crippen molar-refractivity contribution in [3.05, 3.63) is 92.8 Å². The molecule has 0 saturated carbocycles. The van der Waals surface area contributed by atoms with Gasteiger partial charge >= 0.3 is 0 Å². The Balaban J connectivity index is 1.63. The van der Waals surface area contributed by atoms with E-state index in [4.69, 9.17) is 0 Å². The molecule has 0 spiro atoms. The average Bonchev–Trinajstić information content (AvgIpc) is 3.29. The third-order valence-corrected chi connectivity index (χ3v) is 6.20. The van der Waals surface area contributed by atoms with Gasteiger partial charge in [0.1, 0.15) is 0 Å². The molecule has 28 heavy (non-hydrogen) atoms. The van der Waals surface area contributed by atoms with Crippen molar-refractivity contribution in [1.29, 1.82) is 0 Å². The van der Waals surface area contributed by atoms with Crippen LogP contribution in [-0.4, -0.2) is 10.5 Å². The Morgan fingerprint density at radius 2 is 1.89 bits per heavy atom. The highest BCUT2D eigenvalue weighted by molar-refractivity contribution is 7.09. The highest BCUT2D eigenvalue weighted by Crippen LogP contribution is 2.27. The lowest BCUT2D eigenvalue weighted by Crippen LogP contribution is -2.22. The van der Waals surface area contributed by atoms with Gasteiger partial charge in [-0.3, -0.25) is 4.79 Å².